The number of hydrogen-bond acceptors (Lipinski definition) is 4. The predicted octanol–water partition coefficient (Wildman–Crippen LogP) is 2.03. The summed E-state index contributed by atoms with van der Waals surface area (Å²) < 4.78 is 27.8. The minimum absolute atomic E-state index is 0.0212. The smallest absolute Gasteiger partial charge is 0.329 e. The first-order valence-electron chi connectivity index (χ1n) is 9.01. The molecule has 142 valence electrons. The predicted molar refractivity (Wildman–Crippen MR) is 95.3 cm³/mol. The molecule has 0 radical (unpaired) electrons. The molecule has 0 spiro atoms. The molecule has 2 saturated carbocycles. The molecule has 0 saturated heterocycles. The van der Waals surface area contributed by atoms with Crippen LogP contribution in [0.3, 0.4) is 0 Å². The van der Waals surface area contributed by atoms with Crippen molar-refractivity contribution in [3.05, 3.63) is 29.8 Å². The van der Waals surface area contributed by atoms with Crippen LogP contribution in [0, 0.1) is 0 Å². The molecule has 8 heteroatoms. The van der Waals surface area contributed by atoms with E-state index in [0.717, 1.165) is 38.5 Å². The van der Waals surface area contributed by atoms with Crippen molar-refractivity contribution in [1.82, 2.24) is 10.0 Å². The van der Waals surface area contributed by atoms with E-state index in [1.165, 1.54) is 24.3 Å². The van der Waals surface area contributed by atoms with E-state index in [0.29, 0.717) is 12.8 Å². The van der Waals surface area contributed by atoms with Crippen molar-refractivity contribution in [3.8, 4) is 0 Å². The monoisotopic (exact) mass is 380 g/mol. The van der Waals surface area contributed by atoms with E-state index < -0.39 is 27.4 Å². The quantitative estimate of drug-likeness (QED) is 0.699. The number of carboxylic acids is 1. The van der Waals surface area contributed by atoms with E-state index in [-0.39, 0.29) is 16.5 Å². The van der Waals surface area contributed by atoms with Gasteiger partial charge in [0.1, 0.15) is 5.54 Å². The first-order valence-corrected chi connectivity index (χ1v) is 10.5. The number of amides is 1. The third-order valence-corrected chi connectivity index (χ3v) is 6.82. The van der Waals surface area contributed by atoms with Crippen LogP contribution in [0.4, 0.5) is 0 Å². The fraction of sp³-hybridized carbons (Fsp3) is 0.556. The molecule has 26 heavy (non-hydrogen) atoms. The van der Waals surface area contributed by atoms with Gasteiger partial charge < -0.3 is 10.4 Å². The second kappa shape index (κ2) is 7.36. The molecule has 2 aliphatic rings. The SMILES string of the molecule is O=C(NC1(C(=O)O)CCCC1)c1cccc(S(=O)(=O)NC2CCCC2)c1. The molecule has 0 heterocycles. The van der Waals surface area contributed by atoms with Gasteiger partial charge in [-0.1, -0.05) is 31.7 Å². The summed E-state index contributed by atoms with van der Waals surface area (Å²) in [4.78, 5) is 24.2. The van der Waals surface area contributed by atoms with Gasteiger partial charge in [0.15, 0.2) is 0 Å². The average molecular weight is 380 g/mol. The van der Waals surface area contributed by atoms with Gasteiger partial charge in [0.2, 0.25) is 10.0 Å². The number of carbonyl (C=O) groups excluding carboxylic acids is 1. The molecule has 2 aliphatic carbocycles. The van der Waals surface area contributed by atoms with Gasteiger partial charge in [-0.05, 0) is 43.9 Å². The Balaban J connectivity index is 1.78. The highest BCUT2D eigenvalue weighted by Gasteiger charge is 2.42. The van der Waals surface area contributed by atoms with Crippen LogP contribution in [0.1, 0.15) is 61.7 Å². The molecule has 0 bridgehead atoms. The molecule has 2 fully saturated rings. The summed E-state index contributed by atoms with van der Waals surface area (Å²) in [6, 6.07) is 5.67. The van der Waals surface area contributed by atoms with E-state index in [1.54, 1.807) is 0 Å². The summed E-state index contributed by atoms with van der Waals surface area (Å²) >= 11 is 0. The number of benzene rings is 1. The first-order chi connectivity index (χ1) is 12.3. The van der Waals surface area contributed by atoms with Crippen LogP contribution < -0.4 is 10.0 Å². The Hall–Kier alpha value is -1.93. The fourth-order valence-corrected chi connectivity index (χ4v) is 5.15. The lowest BCUT2D eigenvalue weighted by Gasteiger charge is -2.25. The van der Waals surface area contributed by atoms with Gasteiger partial charge in [-0.2, -0.15) is 0 Å². The van der Waals surface area contributed by atoms with E-state index in [1.807, 2.05) is 0 Å². The minimum Gasteiger partial charge on any atom is -0.480 e. The zero-order valence-electron chi connectivity index (χ0n) is 14.5. The highest BCUT2D eigenvalue weighted by atomic mass is 32.2. The van der Waals surface area contributed by atoms with Gasteiger partial charge in [0.25, 0.3) is 5.91 Å². The van der Waals surface area contributed by atoms with Crippen LogP contribution in [0.5, 0.6) is 0 Å². The highest BCUT2D eigenvalue weighted by molar-refractivity contribution is 7.89. The third kappa shape index (κ3) is 3.91. The Morgan fingerprint density at radius 1 is 1.08 bits per heavy atom. The molecule has 3 N–H and O–H groups in total. The number of sulfonamides is 1. The summed E-state index contributed by atoms with van der Waals surface area (Å²) in [6.07, 6.45) is 5.91. The maximum Gasteiger partial charge on any atom is 0.329 e. The maximum absolute atomic E-state index is 12.5. The second-order valence-electron chi connectivity index (χ2n) is 7.18. The summed E-state index contributed by atoms with van der Waals surface area (Å²) in [6.45, 7) is 0. The van der Waals surface area contributed by atoms with E-state index in [4.69, 9.17) is 0 Å². The van der Waals surface area contributed by atoms with Gasteiger partial charge in [0, 0.05) is 11.6 Å². The van der Waals surface area contributed by atoms with Crippen molar-refractivity contribution >= 4 is 21.9 Å². The first kappa shape index (κ1) is 18.8. The lowest BCUT2D eigenvalue weighted by Crippen LogP contribution is -2.52. The molecule has 1 amide bonds. The Labute approximate surface area is 153 Å². The van der Waals surface area contributed by atoms with Crippen LogP contribution in [0.15, 0.2) is 29.2 Å². The molecule has 1 aromatic carbocycles. The van der Waals surface area contributed by atoms with Crippen molar-refractivity contribution in [2.45, 2.75) is 67.8 Å². The highest BCUT2D eigenvalue weighted by Crippen LogP contribution is 2.30. The molecular weight excluding hydrogens is 356 g/mol. The number of hydrogen-bond donors (Lipinski definition) is 3. The molecule has 3 rings (SSSR count). The summed E-state index contributed by atoms with van der Waals surface area (Å²) in [5, 5.41) is 12.1. The Kier molecular flexibility index (Phi) is 5.34. The van der Waals surface area contributed by atoms with Crippen molar-refractivity contribution in [2.24, 2.45) is 0 Å². The van der Waals surface area contributed by atoms with Crippen LogP contribution in [0.25, 0.3) is 0 Å². The molecule has 0 aliphatic heterocycles. The van der Waals surface area contributed by atoms with E-state index >= 15 is 0 Å². The standard InChI is InChI=1S/C18H24N2O5S/c21-16(19-18(17(22)23)10-3-4-11-18)13-6-5-9-15(12-13)26(24,25)20-14-7-1-2-8-14/h5-6,9,12,14,20H,1-4,7-8,10-11H2,(H,19,21)(H,22,23). The number of carboxylic acid groups (broad SMARTS) is 1. The number of nitrogens with one attached hydrogen (secondary N) is 2. The Morgan fingerprint density at radius 3 is 2.35 bits per heavy atom. The summed E-state index contributed by atoms with van der Waals surface area (Å²) in [5.41, 5.74) is -1.11. The molecule has 0 atom stereocenters. The molecule has 1 aromatic rings. The number of rotatable bonds is 6. The second-order valence-corrected chi connectivity index (χ2v) is 8.89. The normalized spacial score (nSPS) is 20.2. The van der Waals surface area contributed by atoms with Gasteiger partial charge in [0.05, 0.1) is 4.90 Å². The average Bonchev–Trinajstić information content (AvgIpc) is 3.27. The van der Waals surface area contributed by atoms with Crippen LogP contribution in [-0.4, -0.2) is 37.0 Å². The van der Waals surface area contributed by atoms with Gasteiger partial charge >= 0.3 is 5.97 Å². The topological polar surface area (TPSA) is 113 Å². The lowest BCUT2D eigenvalue weighted by atomic mass is 9.97. The van der Waals surface area contributed by atoms with Gasteiger partial charge in [-0.3, -0.25) is 4.79 Å². The molecule has 0 unspecified atom stereocenters. The Morgan fingerprint density at radius 2 is 1.73 bits per heavy atom. The number of carbonyl (C=O) groups is 2. The molecule has 0 aromatic heterocycles. The zero-order valence-corrected chi connectivity index (χ0v) is 15.3. The van der Waals surface area contributed by atoms with Crippen molar-refractivity contribution in [1.29, 1.82) is 0 Å². The largest absolute Gasteiger partial charge is 0.480 e. The van der Waals surface area contributed by atoms with Crippen molar-refractivity contribution in [2.75, 3.05) is 0 Å². The minimum atomic E-state index is -3.70. The molecular formula is C18H24N2O5S. The van der Waals surface area contributed by atoms with Crippen LogP contribution >= 0.6 is 0 Å². The lowest BCUT2D eigenvalue weighted by molar-refractivity contribution is -0.144. The maximum atomic E-state index is 12.5. The van der Waals surface area contributed by atoms with Crippen molar-refractivity contribution in [3.63, 3.8) is 0 Å². The fourth-order valence-electron chi connectivity index (χ4n) is 3.80. The Bertz CT molecular complexity index is 794. The van der Waals surface area contributed by atoms with E-state index in [2.05, 4.69) is 10.0 Å². The summed E-state index contributed by atoms with van der Waals surface area (Å²) in [5.74, 6) is -1.61. The third-order valence-electron chi connectivity index (χ3n) is 5.30. The zero-order chi connectivity index (χ0) is 18.8. The summed E-state index contributed by atoms with van der Waals surface area (Å²) in [7, 11) is -3.70. The van der Waals surface area contributed by atoms with Crippen molar-refractivity contribution < 1.29 is 23.1 Å². The number of aliphatic carboxylic acids is 1. The van der Waals surface area contributed by atoms with E-state index in [9.17, 15) is 23.1 Å². The van der Waals surface area contributed by atoms with Crippen LogP contribution in [-0.2, 0) is 14.8 Å². The molecule has 7 nitrogen and oxygen atoms in total. The van der Waals surface area contributed by atoms with Gasteiger partial charge in [-0.25, -0.2) is 17.9 Å². The van der Waals surface area contributed by atoms with Crippen LogP contribution in [0.2, 0.25) is 0 Å². The van der Waals surface area contributed by atoms with Gasteiger partial charge in [-0.15, -0.1) is 0 Å².